The highest BCUT2D eigenvalue weighted by molar-refractivity contribution is 5.36. The first kappa shape index (κ1) is 19.1. The molecule has 0 aromatic heterocycles. The molecule has 0 spiro atoms. The minimum atomic E-state index is 0.520. The summed E-state index contributed by atoms with van der Waals surface area (Å²) in [5.74, 6) is 1.26. The Kier molecular flexibility index (Phi) is 6.87. The van der Waals surface area contributed by atoms with Crippen LogP contribution in [0.25, 0.3) is 0 Å². The first-order chi connectivity index (χ1) is 12.7. The number of rotatable bonds is 8. The minimum absolute atomic E-state index is 0.520. The van der Waals surface area contributed by atoms with Gasteiger partial charge < -0.3 is 10.5 Å². The third kappa shape index (κ3) is 4.75. The quantitative estimate of drug-likeness (QED) is 0.724. The molecule has 1 aliphatic rings. The molecule has 26 heavy (non-hydrogen) atoms. The number of nitrogens with two attached hydrogens (primary N) is 1. The molecule has 2 atom stereocenters. The molecular weight excluding hydrogens is 318 g/mol. The standard InChI is InChI=1S/C24H33NO/c1-3-5-24(16-25)23-11-10-21-14-19(8-9-22(21)15-23)12-18-6-4-7-20(13-18)17-26-2/h4,6-7,10-11,13,15,19,24H,3,5,8-9,12,14,16-17,25H2,1-2H3. The Labute approximate surface area is 158 Å². The van der Waals surface area contributed by atoms with Crippen LogP contribution in [0.15, 0.2) is 42.5 Å². The van der Waals surface area contributed by atoms with E-state index < -0.39 is 0 Å². The zero-order valence-corrected chi connectivity index (χ0v) is 16.3. The van der Waals surface area contributed by atoms with Crippen LogP contribution in [0.1, 0.15) is 59.9 Å². The highest BCUT2D eigenvalue weighted by Gasteiger charge is 2.20. The lowest BCUT2D eigenvalue weighted by Gasteiger charge is -2.26. The summed E-state index contributed by atoms with van der Waals surface area (Å²) < 4.78 is 5.27. The van der Waals surface area contributed by atoms with Crippen LogP contribution >= 0.6 is 0 Å². The molecule has 2 unspecified atom stereocenters. The van der Waals surface area contributed by atoms with Crippen molar-refractivity contribution in [3.05, 3.63) is 70.3 Å². The highest BCUT2D eigenvalue weighted by Crippen LogP contribution is 2.31. The Morgan fingerprint density at radius 2 is 1.96 bits per heavy atom. The number of hydrogen-bond acceptors (Lipinski definition) is 2. The summed E-state index contributed by atoms with van der Waals surface area (Å²) in [6.07, 6.45) is 7.24. The molecule has 0 bridgehead atoms. The molecule has 0 fully saturated rings. The Morgan fingerprint density at radius 1 is 1.12 bits per heavy atom. The van der Waals surface area contributed by atoms with Gasteiger partial charge in [0.05, 0.1) is 6.61 Å². The molecular formula is C24H33NO. The van der Waals surface area contributed by atoms with Crippen LogP contribution in [-0.4, -0.2) is 13.7 Å². The predicted octanol–water partition coefficient (Wildman–Crippen LogP) is 5.02. The van der Waals surface area contributed by atoms with E-state index in [4.69, 9.17) is 10.5 Å². The van der Waals surface area contributed by atoms with Crippen molar-refractivity contribution in [2.75, 3.05) is 13.7 Å². The number of methoxy groups -OCH3 is 1. The fourth-order valence-electron chi connectivity index (χ4n) is 4.39. The summed E-state index contributed by atoms with van der Waals surface area (Å²) in [5.41, 5.74) is 13.3. The largest absolute Gasteiger partial charge is 0.380 e. The smallest absolute Gasteiger partial charge is 0.0713 e. The van der Waals surface area contributed by atoms with Crippen LogP contribution in [0.3, 0.4) is 0 Å². The van der Waals surface area contributed by atoms with Crippen molar-refractivity contribution in [3.8, 4) is 0 Å². The van der Waals surface area contributed by atoms with E-state index in [0.29, 0.717) is 12.5 Å². The molecule has 0 amide bonds. The average molecular weight is 352 g/mol. The van der Waals surface area contributed by atoms with Gasteiger partial charge in [0.15, 0.2) is 0 Å². The van der Waals surface area contributed by atoms with Crippen LogP contribution in [0.4, 0.5) is 0 Å². The Hall–Kier alpha value is -1.64. The van der Waals surface area contributed by atoms with E-state index in [1.807, 2.05) is 0 Å². The average Bonchev–Trinajstić information content (AvgIpc) is 2.66. The lowest BCUT2D eigenvalue weighted by Crippen LogP contribution is -2.18. The lowest BCUT2D eigenvalue weighted by molar-refractivity contribution is 0.185. The van der Waals surface area contributed by atoms with Gasteiger partial charge in [-0.2, -0.15) is 0 Å². The third-order valence-electron chi connectivity index (χ3n) is 5.78. The number of hydrogen-bond donors (Lipinski definition) is 1. The van der Waals surface area contributed by atoms with Crippen LogP contribution in [-0.2, 0) is 30.6 Å². The second kappa shape index (κ2) is 9.34. The zero-order valence-electron chi connectivity index (χ0n) is 16.3. The minimum Gasteiger partial charge on any atom is -0.380 e. The summed E-state index contributed by atoms with van der Waals surface area (Å²) in [6.45, 7) is 3.70. The maximum absolute atomic E-state index is 6.00. The lowest BCUT2D eigenvalue weighted by atomic mass is 9.79. The molecule has 0 saturated heterocycles. The number of aryl methyl sites for hydroxylation is 1. The van der Waals surface area contributed by atoms with Gasteiger partial charge in [-0.25, -0.2) is 0 Å². The van der Waals surface area contributed by atoms with E-state index in [1.165, 1.54) is 55.2 Å². The summed E-state index contributed by atoms with van der Waals surface area (Å²) in [6, 6.07) is 16.0. The fraction of sp³-hybridized carbons (Fsp3) is 0.500. The Balaban J connectivity index is 1.67. The van der Waals surface area contributed by atoms with Gasteiger partial charge in [0, 0.05) is 7.11 Å². The second-order valence-corrected chi connectivity index (χ2v) is 7.82. The van der Waals surface area contributed by atoms with Gasteiger partial charge in [-0.05, 0) is 78.3 Å². The molecule has 0 saturated carbocycles. The molecule has 140 valence electrons. The van der Waals surface area contributed by atoms with E-state index in [-0.39, 0.29) is 0 Å². The van der Waals surface area contributed by atoms with E-state index in [9.17, 15) is 0 Å². The number of fused-ring (bicyclic) bond motifs is 1. The van der Waals surface area contributed by atoms with Crippen molar-refractivity contribution in [2.24, 2.45) is 11.7 Å². The van der Waals surface area contributed by atoms with Crippen molar-refractivity contribution in [2.45, 2.75) is 58.0 Å². The summed E-state index contributed by atoms with van der Waals surface area (Å²) in [4.78, 5) is 0. The molecule has 2 aromatic rings. The maximum Gasteiger partial charge on any atom is 0.0713 e. The molecule has 1 aliphatic carbocycles. The zero-order chi connectivity index (χ0) is 18.4. The highest BCUT2D eigenvalue weighted by atomic mass is 16.5. The molecule has 3 rings (SSSR count). The van der Waals surface area contributed by atoms with Crippen molar-refractivity contribution in [1.82, 2.24) is 0 Å². The van der Waals surface area contributed by atoms with Gasteiger partial charge in [-0.15, -0.1) is 0 Å². The second-order valence-electron chi connectivity index (χ2n) is 7.82. The molecule has 2 heteroatoms. The molecule has 0 aliphatic heterocycles. The van der Waals surface area contributed by atoms with Crippen LogP contribution in [0, 0.1) is 5.92 Å². The van der Waals surface area contributed by atoms with E-state index >= 15 is 0 Å². The summed E-state index contributed by atoms with van der Waals surface area (Å²) in [5, 5.41) is 0. The summed E-state index contributed by atoms with van der Waals surface area (Å²) >= 11 is 0. The van der Waals surface area contributed by atoms with Crippen LogP contribution in [0.5, 0.6) is 0 Å². The molecule has 0 radical (unpaired) electrons. The monoisotopic (exact) mass is 351 g/mol. The van der Waals surface area contributed by atoms with Crippen molar-refractivity contribution >= 4 is 0 Å². The van der Waals surface area contributed by atoms with Gasteiger partial charge in [0.2, 0.25) is 0 Å². The van der Waals surface area contributed by atoms with Gasteiger partial charge in [-0.1, -0.05) is 55.8 Å². The molecule has 2 N–H and O–H groups in total. The fourth-order valence-corrected chi connectivity index (χ4v) is 4.39. The third-order valence-corrected chi connectivity index (χ3v) is 5.78. The first-order valence-electron chi connectivity index (χ1n) is 10.1. The van der Waals surface area contributed by atoms with Crippen LogP contribution in [0.2, 0.25) is 0 Å². The van der Waals surface area contributed by atoms with Gasteiger partial charge >= 0.3 is 0 Å². The van der Waals surface area contributed by atoms with E-state index in [2.05, 4.69) is 49.4 Å². The van der Waals surface area contributed by atoms with Crippen LogP contribution < -0.4 is 5.73 Å². The topological polar surface area (TPSA) is 35.2 Å². The predicted molar refractivity (Wildman–Crippen MR) is 110 cm³/mol. The maximum atomic E-state index is 6.00. The SMILES string of the molecule is CCCC(CN)c1ccc2c(c1)CCC(Cc1cccc(COC)c1)C2. The normalized spacial score (nSPS) is 17.7. The Bertz CT molecular complexity index is 709. The van der Waals surface area contributed by atoms with Gasteiger partial charge in [0.25, 0.3) is 0 Å². The van der Waals surface area contributed by atoms with Gasteiger partial charge in [0.1, 0.15) is 0 Å². The van der Waals surface area contributed by atoms with Gasteiger partial charge in [-0.3, -0.25) is 0 Å². The van der Waals surface area contributed by atoms with Crippen molar-refractivity contribution in [1.29, 1.82) is 0 Å². The Morgan fingerprint density at radius 3 is 2.73 bits per heavy atom. The van der Waals surface area contributed by atoms with Crippen molar-refractivity contribution in [3.63, 3.8) is 0 Å². The molecule has 2 nitrogen and oxygen atoms in total. The molecule has 2 aromatic carbocycles. The number of benzene rings is 2. The molecule has 0 heterocycles. The van der Waals surface area contributed by atoms with Crippen molar-refractivity contribution < 1.29 is 4.74 Å². The summed E-state index contributed by atoms with van der Waals surface area (Å²) in [7, 11) is 1.76. The number of ether oxygens (including phenoxy) is 1. The first-order valence-corrected chi connectivity index (χ1v) is 10.1. The van der Waals surface area contributed by atoms with E-state index in [0.717, 1.165) is 12.5 Å². The van der Waals surface area contributed by atoms with E-state index in [1.54, 1.807) is 18.2 Å².